The Labute approximate surface area is 110 Å². The van der Waals surface area contributed by atoms with Crippen molar-refractivity contribution in [1.82, 2.24) is 5.32 Å². The fraction of sp³-hybridized carbons (Fsp3) is 0.600. The van der Waals surface area contributed by atoms with E-state index in [0.717, 1.165) is 5.92 Å². The molecule has 0 saturated heterocycles. The molecular formula is C15H22ClN. The second kappa shape index (κ2) is 4.99. The molecule has 1 fully saturated rings. The zero-order valence-corrected chi connectivity index (χ0v) is 11.4. The highest BCUT2D eigenvalue weighted by Crippen LogP contribution is 2.47. The Balaban J connectivity index is 0.00000108. The standard InChI is InChI=1S/C15H21N.ClH/c1-16-15-11-5-4-7-13(15)10-9-12-6-2-3-8-14(12)15;/h2-3,6,8,13,16H,4-5,7,9-11H2,1H3;1H. The molecule has 0 radical (unpaired) electrons. The molecule has 2 aliphatic carbocycles. The van der Waals surface area contributed by atoms with Gasteiger partial charge in [0.15, 0.2) is 0 Å². The van der Waals surface area contributed by atoms with Crippen LogP contribution in [0.1, 0.15) is 43.2 Å². The number of nitrogens with one attached hydrogen (secondary N) is 1. The highest BCUT2D eigenvalue weighted by Gasteiger charge is 2.43. The van der Waals surface area contributed by atoms with Crippen LogP contribution in [0.3, 0.4) is 0 Å². The Morgan fingerprint density at radius 3 is 2.82 bits per heavy atom. The van der Waals surface area contributed by atoms with E-state index in [-0.39, 0.29) is 12.4 Å². The first-order chi connectivity index (χ1) is 7.87. The van der Waals surface area contributed by atoms with Gasteiger partial charge in [-0.2, -0.15) is 0 Å². The van der Waals surface area contributed by atoms with Crippen molar-refractivity contribution in [2.75, 3.05) is 7.05 Å². The lowest BCUT2D eigenvalue weighted by Crippen LogP contribution is -2.51. The molecule has 1 aromatic rings. The lowest BCUT2D eigenvalue weighted by atomic mass is 9.62. The van der Waals surface area contributed by atoms with E-state index in [1.54, 1.807) is 11.1 Å². The van der Waals surface area contributed by atoms with E-state index < -0.39 is 0 Å². The first-order valence-corrected chi connectivity index (χ1v) is 6.64. The quantitative estimate of drug-likeness (QED) is 0.803. The van der Waals surface area contributed by atoms with E-state index >= 15 is 0 Å². The Morgan fingerprint density at radius 2 is 2.00 bits per heavy atom. The molecule has 94 valence electrons. The van der Waals surface area contributed by atoms with Crippen LogP contribution in [-0.4, -0.2) is 7.05 Å². The van der Waals surface area contributed by atoms with Crippen molar-refractivity contribution in [3.63, 3.8) is 0 Å². The highest BCUT2D eigenvalue weighted by molar-refractivity contribution is 5.85. The largest absolute Gasteiger partial charge is 0.310 e. The zero-order valence-electron chi connectivity index (χ0n) is 10.5. The van der Waals surface area contributed by atoms with Crippen LogP contribution in [0.25, 0.3) is 0 Å². The minimum atomic E-state index is 0. The summed E-state index contributed by atoms with van der Waals surface area (Å²) in [5.41, 5.74) is 3.47. The topological polar surface area (TPSA) is 12.0 Å². The lowest BCUT2D eigenvalue weighted by molar-refractivity contribution is 0.129. The molecule has 0 heterocycles. The van der Waals surface area contributed by atoms with Crippen molar-refractivity contribution < 1.29 is 0 Å². The molecule has 17 heavy (non-hydrogen) atoms. The number of hydrogen-bond donors (Lipinski definition) is 1. The van der Waals surface area contributed by atoms with Crippen LogP contribution in [0, 0.1) is 5.92 Å². The lowest BCUT2D eigenvalue weighted by Gasteiger charge is -2.48. The maximum absolute atomic E-state index is 3.68. The van der Waals surface area contributed by atoms with Crippen molar-refractivity contribution in [2.24, 2.45) is 5.92 Å². The van der Waals surface area contributed by atoms with Gasteiger partial charge in [-0.3, -0.25) is 0 Å². The molecule has 2 atom stereocenters. The molecule has 2 heteroatoms. The Hall–Kier alpha value is -0.530. The Morgan fingerprint density at radius 1 is 1.18 bits per heavy atom. The molecule has 0 aromatic heterocycles. The van der Waals surface area contributed by atoms with Gasteiger partial charge in [-0.15, -0.1) is 12.4 Å². The highest BCUT2D eigenvalue weighted by atomic mass is 35.5. The van der Waals surface area contributed by atoms with Gasteiger partial charge in [-0.05, 0) is 49.8 Å². The van der Waals surface area contributed by atoms with Gasteiger partial charge in [0.25, 0.3) is 0 Å². The van der Waals surface area contributed by atoms with E-state index in [1.807, 2.05) is 0 Å². The molecule has 0 bridgehead atoms. The normalized spacial score (nSPS) is 31.0. The fourth-order valence-corrected chi connectivity index (χ4v) is 3.96. The number of halogens is 1. The monoisotopic (exact) mass is 251 g/mol. The number of aryl methyl sites for hydroxylation is 1. The van der Waals surface area contributed by atoms with Gasteiger partial charge in [0.05, 0.1) is 0 Å². The summed E-state index contributed by atoms with van der Waals surface area (Å²) in [5.74, 6) is 0.862. The van der Waals surface area contributed by atoms with E-state index in [2.05, 4.69) is 36.6 Å². The number of rotatable bonds is 1. The van der Waals surface area contributed by atoms with Crippen molar-refractivity contribution in [3.8, 4) is 0 Å². The van der Waals surface area contributed by atoms with E-state index in [4.69, 9.17) is 0 Å². The predicted octanol–water partition coefficient (Wildman–Crippen LogP) is 3.66. The molecule has 0 amide bonds. The molecule has 0 spiro atoms. The molecule has 1 N–H and O–H groups in total. The fourth-order valence-electron chi connectivity index (χ4n) is 3.96. The summed E-state index contributed by atoms with van der Waals surface area (Å²) in [5, 5.41) is 3.68. The van der Waals surface area contributed by atoms with Crippen molar-refractivity contribution in [2.45, 2.75) is 44.1 Å². The summed E-state index contributed by atoms with van der Waals surface area (Å²) < 4.78 is 0. The van der Waals surface area contributed by atoms with Crippen LogP contribution < -0.4 is 5.32 Å². The predicted molar refractivity (Wildman–Crippen MR) is 74.7 cm³/mol. The van der Waals surface area contributed by atoms with Crippen LogP contribution in [0.15, 0.2) is 24.3 Å². The summed E-state index contributed by atoms with van der Waals surface area (Å²) >= 11 is 0. The summed E-state index contributed by atoms with van der Waals surface area (Å²) in [4.78, 5) is 0. The van der Waals surface area contributed by atoms with Gasteiger partial charge in [-0.1, -0.05) is 37.1 Å². The molecule has 2 unspecified atom stereocenters. The molecule has 1 aromatic carbocycles. The van der Waals surface area contributed by atoms with Gasteiger partial charge in [-0.25, -0.2) is 0 Å². The van der Waals surface area contributed by atoms with E-state index in [9.17, 15) is 0 Å². The minimum Gasteiger partial charge on any atom is -0.310 e. The van der Waals surface area contributed by atoms with Gasteiger partial charge >= 0.3 is 0 Å². The van der Waals surface area contributed by atoms with Crippen molar-refractivity contribution >= 4 is 12.4 Å². The maximum Gasteiger partial charge on any atom is 0.0463 e. The van der Waals surface area contributed by atoms with E-state index in [1.165, 1.54) is 38.5 Å². The van der Waals surface area contributed by atoms with Gasteiger partial charge in [0.2, 0.25) is 0 Å². The zero-order chi connectivity index (χ0) is 11.0. The third kappa shape index (κ3) is 1.90. The Bertz CT molecular complexity index is 390. The van der Waals surface area contributed by atoms with Crippen LogP contribution in [-0.2, 0) is 12.0 Å². The summed E-state index contributed by atoms with van der Waals surface area (Å²) in [7, 11) is 2.15. The smallest absolute Gasteiger partial charge is 0.0463 e. The maximum atomic E-state index is 3.68. The van der Waals surface area contributed by atoms with E-state index in [0.29, 0.717) is 5.54 Å². The molecule has 2 aliphatic rings. The van der Waals surface area contributed by atoms with Gasteiger partial charge in [0, 0.05) is 5.54 Å². The number of fused-ring (bicyclic) bond motifs is 3. The van der Waals surface area contributed by atoms with Crippen LogP contribution in [0.5, 0.6) is 0 Å². The molecular weight excluding hydrogens is 230 g/mol. The number of benzene rings is 1. The van der Waals surface area contributed by atoms with Gasteiger partial charge < -0.3 is 5.32 Å². The third-order valence-corrected chi connectivity index (χ3v) is 4.78. The third-order valence-electron chi connectivity index (χ3n) is 4.78. The van der Waals surface area contributed by atoms with Gasteiger partial charge in [0.1, 0.15) is 0 Å². The first kappa shape index (κ1) is 12.9. The molecule has 1 saturated carbocycles. The molecule has 0 aliphatic heterocycles. The second-order valence-electron chi connectivity index (χ2n) is 5.36. The minimum absolute atomic E-state index is 0. The summed E-state index contributed by atoms with van der Waals surface area (Å²) in [6, 6.07) is 9.06. The average Bonchev–Trinajstić information content (AvgIpc) is 2.38. The Kier molecular flexibility index (Phi) is 3.79. The van der Waals surface area contributed by atoms with Crippen LogP contribution >= 0.6 is 12.4 Å². The average molecular weight is 252 g/mol. The SMILES string of the molecule is CNC12CCCCC1CCc1ccccc12.Cl. The number of hydrogen-bond acceptors (Lipinski definition) is 1. The van der Waals surface area contributed by atoms with Crippen molar-refractivity contribution in [3.05, 3.63) is 35.4 Å². The second-order valence-corrected chi connectivity index (χ2v) is 5.36. The van der Waals surface area contributed by atoms with Crippen LogP contribution in [0.4, 0.5) is 0 Å². The molecule has 3 rings (SSSR count). The van der Waals surface area contributed by atoms with Crippen molar-refractivity contribution in [1.29, 1.82) is 0 Å². The molecule has 1 nitrogen and oxygen atoms in total. The first-order valence-electron chi connectivity index (χ1n) is 6.64. The van der Waals surface area contributed by atoms with Crippen LogP contribution in [0.2, 0.25) is 0 Å². The summed E-state index contributed by atoms with van der Waals surface area (Å²) in [6.07, 6.45) is 8.20. The summed E-state index contributed by atoms with van der Waals surface area (Å²) in [6.45, 7) is 0.